The van der Waals surface area contributed by atoms with Gasteiger partial charge in [-0.3, -0.25) is 14.6 Å². The summed E-state index contributed by atoms with van der Waals surface area (Å²) in [6.45, 7) is 7.07. The zero-order valence-electron chi connectivity index (χ0n) is 22.1. The van der Waals surface area contributed by atoms with Crippen LogP contribution in [0.1, 0.15) is 24.8 Å². The molecular weight excluding hydrogens is 462 g/mol. The number of rotatable bonds is 8. The second-order valence-electron chi connectivity index (χ2n) is 10.3. The molecule has 0 unspecified atom stereocenters. The Labute approximate surface area is 220 Å². The number of piperidine rings is 1. The van der Waals surface area contributed by atoms with Gasteiger partial charge in [-0.05, 0) is 53.8 Å². The smallest absolute Gasteiger partial charge is 0.305 e. The maximum absolute atomic E-state index is 12.0. The van der Waals surface area contributed by atoms with Crippen molar-refractivity contribution in [1.82, 2.24) is 9.80 Å². The van der Waals surface area contributed by atoms with Crippen molar-refractivity contribution in [2.24, 2.45) is 5.92 Å². The van der Waals surface area contributed by atoms with Crippen LogP contribution in [0.2, 0.25) is 0 Å². The lowest BCUT2D eigenvalue weighted by atomic mass is 9.86. The van der Waals surface area contributed by atoms with Gasteiger partial charge >= 0.3 is 5.97 Å². The van der Waals surface area contributed by atoms with Gasteiger partial charge in [0.15, 0.2) is 0 Å². The quantitative estimate of drug-likeness (QED) is 0.413. The molecule has 6 nitrogen and oxygen atoms in total. The molecule has 0 aliphatic carbocycles. The highest BCUT2D eigenvalue weighted by atomic mass is 16.5. The highest BCUT2D eigenvalue weighted by Gasteiger charge is 2.35. The Morgan fingerprint density at radius 2 is 1.65 bits per heavy atom. The summed E-state index contributed by atoms with van der Waals surface area (Å²) in [6, 6.07) is 24.1. The third-order valence-corrected chi connectivity index (χ3v) is 8.21. The van der Waals surface area contributed by atoms with Crippen LogP contribution < -0.4 is 9.64 Å². The van der Waals surface area contributed by atoms with Crippen molar-refractivity contribution in [3.63, 3.8) is 0 Å². The van der Waals surface area contributed by atoms with Crippen LogP contribution in [0.5, 0.6) is 5.75 Å². The molecule has 0 N–H and O–H groups in total. The predicted octanol–water partition coefficient (Wildman–Crippen LogP) is 4.81. The third kappa shape index (κ3) is 5.91. The van der Waals surface area contributed by atoms with Crippen molar-refractivity contribution in [3.8, 4) is 5.75 Å². The number of carbonyl (C=O) groups excluding carboxylic acids is 1. The maximum Gasteiger partial charge on any atom is 0.305 e. The fourth-order valence-electron chi connectivity index (χ4n) is 6.27. The van der Waals surface area contributed by atoms with Gasteiger partial charge in [-0.15, -0.1) is 0 Å². The van der Waals surface area contributed by atoms with Gasteiger partial charge in [0.25, 0.3) is 0 Å². The van der Waals surface area contributed by atoms with Crippen LogP contribution in [0.3, 0.4) is 0 Å². The number of ether oxygens (including phenoxy) is 2. The molecule has 0 spiro atoms. The van der Waals surface area contributed by atoms with Crippen molar-refractivity contribution >= 4 is 22.4 Å². The van der Waals surface area contributed by atoms with Crippen molar-refractivity contribution in [2.75, 3.05) is 58.4 Å². The molecule has 2 aliphatic heterocycles. The topological polar surface area (TPSA) is 45.2 Å². The summed E-state index contributed by atoms with van der Waals surface area (Å²) in [5, 5.41) is 2.63. The minimum atomic E-state index is -0.106. The van der Waals surface area contributed by atoms with E-state index >= 15 is 0 Å². The van der Waals surface area contributed by atoms with Crippen LogP contribution in [-0.2, 0) is 16.1 Å². The molecule has 2 heterocycles. The first-order valence-corrected chi connectivity index (χ1v) is 13.5. The van der Waals surface area contributed by atoms with Crippen LogP contribution in [0, 0.1) is 5.92 Å². The first kappa shape index (κ1) is 25.6. The van der Waals surface area contributed by atoms with Gasteiger partial charge in [0.05, 0.1) is 19.9 Å². The number of anilines is 1. The van der Waals surface area contributed by atoms with Crippen LogP contribution in [0.15, 0.2) is 66.7 Å². The average molecular weight is 502 g/mol. The van der Waals surface area contributed by atoms with Crippen molar-refractivity contribution in [2.45, 2.75) is 31.8 Å². The van der Waals surface area contributed by atoms with E-state index in [0.29, 0.717) is 18.4 Å². The van der Waals surface area contributed by atoms with Gasteiger partial charge in [-0.2, -0.15) is 0 Å². The Bertz CT molecular complexity index is 1190. The molecule has 0 bridgehead atoms. The van der Waals surface area contributed by atoms with E-state index in [1.807, 2.05) is 12.1 Å². The van der Waals surface area contributed by atoms with Gasteiger partial charge in [0.2, 0.25) is 0 Å². The Balaban J connectivity index is 1.26. The summed E-state index contributed by atoms with van der Waals surface area (Å²) in [6.07, 6.45) is 2.49. The second-order valence-corrected chi connectivity index (χ2v) is 10.3. The van der Waals surface area contributed by atoms with Crippen molar-refractivity contribution < 1.29 is 14.3 Å². The normalized spacial score (nSPS) is 21.2. The molecule has 2 fully saturated rings. The van der Waals surface area contributed by atoms with E-state index in [1.165, 1.54) is 29.1 Å². The Hall–Kier alpha value is -3.09. The minimum Gasteiger partial charge on any atom is -0.495 e. The van der Waals surface area contributed by atoms with Gasteiger partial charge in [-0.1, -0.05) is 54.6 Å². The first-order chi connectivity index (χ1) is 18.2. The Morgan fingerprint density at radius 1 is 0.892 bits per heavy atom. The fraction of sp³-hybridized carbons (Fsp3) is 0.452. The van der Waals surface area contributed by atoms with E-state index in [0.717, 1.165) is 64.4 Å². The van der Waals surface area contributed by atoms with E-state index in [9.17, 15) is 4.79 Å². The average Bonchev–Trinajstić information content (AvgIpc) is 2.96. The van der Waals surface area contributed by atoms with Crippen LogP contribution in [0.4, 0.5) is 5.69 Å². The van der Waals surface area contributed by atoms with E-state index in [1.54, 1.807) is 7.11 Å². The summed E-state index contributed by atoms with van der Waals surface area (Å²) in [7, 11) is 3.23. The van der Waals surface area contributed by atoms with Crippen LogP contribution in [-0.4, -0.2) is 75.3 Å². The number of para-hydroxylation sites is 2. The van der Waals surface area contributed by atoms with Crippen molar-refractivity contribution in [3.05, 3.63) is 72.3 Å². The highest BCUT2D eigenvalue weighted by molar-refractivity contribution is 5.85. The third-order valence-electron chi connectivity index (χ3n) is 8.21. The number of hydrogen-bond donors (Lipinski definition) is 0. The number of likely N-dealkylation sites (tertiary alicyclic amines) is 1. The van der Waals surface area contributed by atoms with Crippen molar-refractivity contribution in [1.29, 1.82) is 0 Å². The highest BCUT2D eigenvalue weighted by Crippen LogP contribution is 2.32. The van der Waals surface area contributed by atoms with E-state index in [-0.39, 0.29) is 5.97 Å². The molecule has 2 atom stereocenters. The Kier molecular flexibility index (Phi) is 8.27. The molecule has 0 amide bonds. The molecule has 6 heteroatoms. The van der Waals surface area contributed by atoms with E-state index in [2.05, 4.69) is 69.3 Å². The van der Waals surface area contributed by atoms with E-state index < -0.39 is 0 Å². The van der Waals surface area contributed by atoms with Gasteiger partial charge < -0.3 is 14.4 Å². The minimum absolute atomic E-state index is 0.106. The van der Waals surface area contributed by atoms with E-state index in [4.69, 9.17) is 9.47 Å². The number of nitrogens with zero attached hydrogens (tertiary/aromatic N) is 3. The molecular formula is C31H39N3O3. The monoisotopic (exact) mass is 501 g/mol. The number of piperazine rings is 1. The lowest BCUT2D eigenvalue weighted by Crippen LogP contribution is -2.56. The van der Waals surface area contributed by atoms with Gasteiger partial charge in [-0.25, -0.2) is 0 Å². The molecule has 3 aromatic rings. The summed E-state index contributed by atoms with van der Waals surface area (Å²) >= 11 is 0. The Morgan fingerprint density at radius 3 is 2.46 bits per heavy atom. The summed E-state index contributed by atoms with van der Waals surface area (Å²) in [4.78, 5) is 19.7. The zero-order chi connectivity index (χ0) is 25.6. The fourth-order valence-corrected chi connectivity index (χ4v) is 6.27. The van der Waals surface area contributed by atoms with Gasteiger partial charge in [0.1, 0.15) is 5.75 Å². The summed E-state index contributed by atoms with van der Waals surface area (Å²) < 4.78 is 10.6. The summed E-state index contributed by atoms with van der Waals surface area (Å²) in [5.74, 6) is 1.28. The summed E-state index contributed by atoms with van der Waals surface area (Å²) in [5.41, 5.74) is 2.56. The molecule has 196 valence electrons. The molecule has 0 saturated carbocycles. The SMILES string of the molecule is COC(=O)CC[C@H]1CN(Cc2cccc3ccccc23)CC[C@H]1N1CCN(c2ccccc2OC)CC1. The largest absolute Gasteiger partial charge is 0.495 e. The second kappa shape index (κ2) is 12.0. The molecule has 3 aromatic carbocycles. The lowest BCUT2D eigenvalue weighted by Gasteiger charge is -2.47. The maximum atomic E-state index is 12.0. The number of methoxy groups -OCH3 is 2. The predicted molar refractivity (Wildman–Crippen MR) is 149 cm³/mol. The van der Waals surface area contributed by atoms with Gasteiger partial charge in [0, 0.05) is 51.7 Å². The number of esters is 1. The molecule has 2 aliphatic rings. The number of fused-ring (bicyclic) bond motifs is 1. The first-order valence-electron chi connectivity index (χ1n) is 13.5. The standard InChI is InChI=1S/C31H39N3O3/c1-36-30-13-6-5-12-29(30)34-20-18-33(19-21-34)28-16-17-32(23-26(28)14-15-31(35)37-2)22-25-10-7-9-24-8-3-4-11-27(24)25/h3-13,26,28H,14-23H2,1-2H3/t26-,28+/m0/s1. The molecule has 2 saturated heterocycles. The number of benzene rings is 3. The number of hydrogen-bond acceptors (Lipinski definition) is 6. The van der Waals surface area contributed by atoms with Crippen LogP contribution in [0.25, 0.3) is 10.8 Å². The molecule has 37 heavy (non-hydrogen) atoms. The van der Waals surface area contributed by atoms with Crippen LogP contribution >= 0.6 is 0 Å². The lowest BCUT2D eigenvalue weighted by molar-refractivity contribution is -0.141. The number of carbonyl (C=O) groups is 1. The molecule has 0 radical (unpaired) electrons. The zero-order valence-corrected chi connectivity index (χ0v) is 22.1. The molecule has 5 rings (SSSR count). The molecule has 0 aromatic heterocycles.